The van der Waals surface area contributed by atoms with E-state index in [1.165, 1.54) is 17.3 Å². The van der Waals surface area contributed by atoms with Crippen molar-refractivity contribution in [3.8, 4) is 5.95 Å². The second kappa shape index (κ2) is 6.93. The van der Waals surface area contributed by atoms with Crippen molar-refractivity contribution in [1.82, 2.24) is 35.0 Å². The Hall–Kier alpha value is -2.29. The quantitative estimate of drug-likeness (QED) is 0.789. The summed E-state index contributed by atoms with van der Waals surface area (Å²) in [7, 11) is 0. The molecule has 21 heavy (non-hydrogen) atoms. The van der Waals surface area contributed by atoms with Crippen molar-refractivity contribution in [3.63, 3.8) is 0 Å². The second-order valence-electron chi connectivity index (χ2n) is 4.62. The summed E-state index contributed by atoms with van der Waals surface area (Å²) in [4.78, 5) is 27.3. The first-order chi connectivity index (χ1) is 10.0. The van der Waals surface area contributed by atoms with Crippen LogP contribution in [0.25, 0.3) is 5.95 Å². The Bertz CT molecular complexity index is 600. The van der Waals surface area contributed by atoms with Crippen molar-refractivity contribution >= 4 is 23.5 Å². The summed E-state index contributed by atoms with van der Waals surface area (Å²) in [6.45, 7) is 4.69. The Morgan fingerprint density at radius 1 is 1.38 bits per heavy atom. The highest BCUT2D eigenvalue weighted by Gasteiger charge is 2.09. The molecule has 0 atom stereocenters. The number of nitrogens with one attached hydrogen (secondary N) is 2. The number of nitrogens with zero attached hydrogens (tertiary/aromatic N) is 6. The van der Waals surface area contributed by atoms with E-state index < -0.39 is 0 Å². The number of carbonyl (C=O) groups excluding carboxylic acids is 1. The van der Waals surface area contributed by atoms with Crippen molar-refractivity contribution in [2.45, 2.75) is 13.8 Å². The normalized spacial score (nSPS) is 10.7. The molecule has 2 aromatic rings. The number of halogens is 1. The number of anilines is 1. The molecular weight excluding hydrogens is 296 g/mol. The Labute approximate surface area is 126 Å². The molecule has 0 aliphatic heterocycles. The molecule has 0 aliphatic carbocycles. The van der Waals surface area contributed by atoms with E-state index in [1.54, 1.807) is 0 Å². The minimum absolute atomic E-state index is 0.000545. The lowest BCUT2D eigenvalue weighted by molar-refractivity contribution is -0.119. The Morgan fingerprint density at radius 3 is 2.86 bits per heavy atom. The van der Waals surface area contributed by atoms with Crippen LogP contribution in [0.4, 0.5) is 5.95 Å². The average Bonchev–Trinajstić information content (AvgIpc) is 2.96. The summed E-state index contributed by atoms with van der Waals surface area (Å²) in [5.41, 5.74) is 0. The van der Waals surface area contributed by atoms with Crippen molar-refractivity contribution in [2.24, 2.45) is 5.92 Å². The average molecular weight is 311 g/mol. The van der Waals surface area contributed by atoms with Crippen LogP contribution in [-0.2, 0) is 4.79 Å². The highest BCUT2D eigenvalue weighted by molar-refractivity contribution is 6.28. The minimum Gasteiger partial charge on any atom is -0.354 e. The van der Waals surface area contributed by atoms with Crippen molar-refractivity contribution in [2.75, 3.05) is 18.4 Å². The number of rotatable bonds is 6. The molecule has 112 valence electrons. The van der Waals surface area contributed by atoms with Gasteiger partial charge in [-0.25, -0.2) is 4.98 Å². The lowest BCUT2D eigenvalue weighted by Crippen LogP contribution is -2.32. The largest absolute Gasteiger partial charge is 0.354 e. The number of aromatic nitrogens is 6. The van der Waals surface area contributed by atoms with Gasteiger partial charge in [-0.15, -0.1) is 0 Å². The first-order valence-electron chi connectivity index (χ1n) is 6.31. The number of hydrogen-bond acceptors (Lipinski definition) is 7. The number of amides is 1. The van der Waals surface area contributed by atoms with E-state index in [4.69, 9.17) is 11.6 Å². The third kappa shape index (κ3) is 4.63. The van der Waals surface area contributed by atoms with Gasteiger partial charge in [0, 0.05) is 6.54 Å². The molecule has 0 bridgehead atoms. The lowest BCUT2D eigenvalue weighted by Gasteiger charge is -2.09. The highest BCUT2D eigenvalue weighted by Crippen LogP contribution is 2.08. The molecule has 9 nitrogen and oxygen atoms in total. The molecule has 0 unspecified atom stereocenters. The zero-order chi connectivity index (χ0) is 15.2. The van der Waals surface area contributed by atoms with Crippen LogP contribution in [0.2, 0.25) is 5.28 Å². The van der Waals surface area contributed by atoms with Gasteiger partial charge in [-0.05, 0) is 17.5 Å². The topological polar surface area (TPSA) is 111 Å². The van der Waals surface area contributed by atoms with Gasteiger partial charge in [0.05, 0.1) is 6.54 Å². The van der Waals surface area contributed by atoms with Crippen LogP contribution in [0.3, 0.4) is 0 Å². The molecule has 10 heteroatoms. The standard InChI is InChI=1S/C11H15ClN8O/c1-7(2)3-14-8(21)4-15-10-17-9(12)18-11(19-10)20-6-13-5-16-20/h5-7H,3-4H2,1-2H3,(H,14,21)(H,15,17,18,19). The van der Waals surface area contributed by atoms with E-state index in [0.29, 0.717) is 12.5 Å². The minimum atomic E-state index is -0.150. The smallest absolute Gasteiger partial charge is 0.258 e. The summed E-state index contributed by atoms with van der Waals surface area (Å²) in [5.74, 6) is 0.653. The molecule has 0 aromatic carbocycles. The van der Waals surface area contributed by atoms with Gasteiger partial charge in [-0.3, -0.25) is 4.79 Å². The van der Waals surface area contributed by atoms with Crippen LogP contribution in [0.15, 0.2) is 12.7 Å². The van der Waals surface area contributed by atoms with E-state index in [2.05, 4.69) is 35.7 Å². The third-order valence-corrected chi connectivity index (χ3v) is 2.50. The molecule has 2 heterocycles. The van der Waals surface area contributed by atoms with Gasteiger partial charge < -0.3 is 10.6 Å². The lowest BCUT2D eigenvalue weighted by atomic mass is 10.2. The predicted molar refractivity (Wildman–Crippen MR) is 76.1 cm³/mol. The van der Waals surface area contributed by atoms with Crippen LogP contribution in [0.1, 0.15) is 13.8 Å². The Balaban J connectivity index is 1.99. The molecular formula is C11H15ClN8O. The highest BCUT2D eigenvalue weighted by atomic mass is 35.5. The molecule has 0 radical (unpaired) electrons. The van der Waals surface area contributed by atoms with Gasteiger partial charge >= 0.3 is 0 Å². The molecule has 2 aromatic heterocycles. The van der Waals surface area contributed by atoms with E-state index in [-0.39, 0.29) is 29.6 Å². The van der Waals surface area contributed by atoms with Crippen LogP contribution in [0.5, 0.6) is 0 Å². The van der Waals surface area contributed by atoms with Gasteiger partial charge in [0.1, 0.15) is 12.7 Å². The van der Waals surface area contributed by atoms with Gasteiger partial charge in [0.25, 0.3) is 5.95 Å². The first-order valence-corrected chi connectivity index (χ1v) is 6.69. The van der Waals surface area contributed by atoms with E-state index in [0.717, 1.165) is 0 Å². The van der Waals surface area contributed by atoms with Gasteiger partial charge in [-0.1, -0.05) is 13.8 Å². The fraction of sp³-hybridized carbons (Fsp3) is 0.455. The molecule has 0 spiro atoms. The van der Waals surface area contributed by atoms with E-state index in [1.807, 2.05) is 13.8 Å². The summed E-state index contributed by atoms with van der Waals surface area (Å²) in [6, 6.07) is 0. The van der Waals surface area contributed by atoms with Crippen LogP contribution < -0.4 is 10.6 Å². The van der Waals surface area contributed by atoms with E-state index >= 15 is 0 Å². The molecule has 0 aliphatic rings. The molecule has 0 saturated heterocycles. The fourth-order valence-corrected chi connectivity index (χ4v) is 1.53. The summed E-state index contributed by atoms with van der Waals surface area (Å²) in [6.07, 6.45) is 2.79. The molecule has 0 saturated carbocycles. The Kier molecular flexibility index (Phi) is 4.99. The molecule has 1 amide bonds. The molecule has 2 rings (SSSR count). The second-order valence-corrected chi connectivity index (χ2v) is 4.96. The molecule has 0 fully saturated rings. The van der Waals surface area contributed by atoms with Crippen LogP contribution in [-0.4, -0.2) is 48.7 Å². The van der Waals surface area contributed by atoms with Gasteiger partial charge in [0.2, 0.25) is 17.1 Å². The maximum atomic E-state index is 11.6. The summed E-state index contributed by atoms with van der Waals surface area (Å²) >= 11 is 5.82. The van der Waals surface area contributed by atoms with E-state index in [9.17, 15) is 4.79 Å². The molecule has 2 N–H and O–H groups in total. The zero-order valence-corrected chi connectivity index (χ0v) is 12.4. The number of hydrogen-bond donors (Lipinski definition) is 2. The summed E-state index contributed by atoms with van der Waals surface area (Å²) < 4.78 is 1.34. The third-order valence-electron chi connectivity index (χ3n) is 2.33. The first kappa shape index (κ1) is 15.1. The monoisotopic (exact) mass is 310 g/mol. The maximum absolute atomic E-state index is 11.6. The zero-order valence-electron chi connectivity index (χ0n) is 11.6. The summed E-state index contributed by atoms with van der Waals surface area (Å²) in [5, 5.41) is 9.47. The number of carbonyl (C=O) groups is 1. The van der Waals surface area contributed by atoms with Crippen molar-refractivity contribution in [3.05, 3.63) is 17.9 Å². The van der Waals surface area contributed by atoms with Gasteiger partial charge in [-0.2, -0.15) is 24.7 Å². The van der Waals surface area contributed by atoms with Crippen LogP contribution >= 0.6 is 11.6 Å². The van der Waals surface area contributed by atoms with Crippen LogP contribution in [0, 0.1) is 5.92 Å². The predicted octanol–water partition coefficient (Wildman–Crippen LogP) is 0.290. The fourth-order valence-electron chi connectivity index (χ4n) is 1.37. The van der Waals surface area contributed by atoms with Crippen molar-refractivity contribution < 1.29 is 4.79 Å². The Morgan fingerprint density at radius 2 is 2.19 bits per heavy atom. The van der Waals surface area contributed by atoms with Gasteiger partial charge in [0.15, 0.2) is 0 Å². The van der Waals surface area contributed by atoms with Crippen molar-refractivity contribution in [1.29, 1.82) is 0 Å². The maximum Gasteiger partial charge on any atom is 0.258 e. The SMILES string of the molecule is CC(C)CNC(=O)CNc1nc(Cl)nc(-n2cncn2)n1.